The van der Waals surface area contributed by atoms with E-state index in [9.17, 15) is 4.79 Å². The van der Waals surface area contributed by atoms with Gasteiger partial charge in [0, 0.05) is 0 Å². The summed E-state index contributed by atoms with van der Waals surface area (Å²) in [5.41, 5.74) is 3.47. The Bertz CT molecular complexity index is 632. The predicted molar refractivity (Wildman–Crippen MR) is 93.6 cm³/mol. The molecule has 2 atom stereocenters. The van der Waals surface area contributed by atoms with Crippen LogP contribution in [0.2, 0.25) is 0 Å². The Labute approximate surface area is 138 Å². The number of hydrogen-bond donors (Lipinski definition) is 1. The first kappa shape index (κ1) is 17.1. The Morgan fingerprint density at radius 3 is 2.04 bits per heavy atom. The topological polar surface area (TPSA) is 38.3 Å². The zero-order valence-corrected chi connectivity index (χ0v) is 14.3. The fourth-order valence-electron chi connectivity index (χ4n) is 2.35. The molecule has 0 aliphatic carbocycles. The summed E-state index contributed by atoms with van der Waals surface area (Å²) in [7, 11) is 0. The minimum atomic E-state index is -0.481. The molecule has 2 aromatic carbocycles. The predicted octanol–water partition coefficient (Wildman–Crippen LogP) is 4.34. The van der Waals surface area contributed by atoms with Gasteiger partial charge < -0.3 is 10.1 Å². The van der Waals surface area contributed by atoms with E-state index in [1.807, 2.05) is 57.2 Å². The fraction of sp³-hybridized carbons (Fsp3) is 0.350. The molecular formula is C20H25NO2. The Kier molecular flexibility index (Phi) is 5.80. The summed E-state index contributed by atoms with van der Waals surface area (Å²) in [5.74, 6) is 0.640. The van der Waals surface area contributed by atoms with Crippen LogP contribution in [0.4, 0.5) is 0 Å². The van der Waals surface area contributed by atoms with Gasteiger partial charge in [0.2, 0.25) is 0 Å². The SMILES string of the molecule is CC[C@@H](Oc1ccc(C)cc1)C(=O)N[C@@H](C)c1ccc(C)cc1. The second kappa shape index (κ2) is 7.82. The van der Waals surface area contributed by atoms with E-state index in [-0.39, 0.29) is 11.9 Å². The van der Waals surface area contributed by atoms with Crippen molar-refractivity contribution in [3.8, 4) is 5.75 Å². The summed E-state index contributed by atoms with van der Waals surface area (Å²) in [4.78, 5) is 12.5. The quantitative estimate of drug-likeness (QED) is 0.862. The number of rotatable bonds is 6. The molecule has 0 radical (unpaired) electrons. The van der Waals surface area contributed by atoms with E-state index < -0.39 is 6.10 Å². The second-order valence-corrected chi connectivity index (χ2v) is 5.97. The second-order valence-electron chi connectivity index (χ2n) is 5.97. The number of nitrogens with one attached hydrogen (secondary N) is 1. The first-order chi connectivity index (χ1) is 11.0. The lowest BCUT2D eigenvalue weighted by atomic mass is 10.1. The van der Waals surface area contributed by atoms with Crippen LogP contribution in [0.3, 0.4) is 0 Å². The van der Waals surface area contributed by atoms with Crippen molar-refractivity contribution in [3.05, 3.63) is 65.2 Å². The molecule has 0 bridgehead atoms. The van der Waals surface area contributed by atoms with Gasteiger partial charge in [-0.3, -0.25) is 4.79 Å². The third-order valence-corrected chi connectivity index (χ3v) is 3.90. The number of benzene rings is 2. The first-order valence-electron chi connectivity index (χ1n) is 8.10. The highest BCUT2D eigenvalue weighted by molar-refractivity contribution is 5.81. The third-order valence-electron chi connectivity index (χ3n) is 3.90. The summed E-state index contributed by atoms with van der Waals surface area (Å²) >= 11 is 0. The summed E-state index contributed by atoms with van der Waals surface area (Å²) in [6, 6.07) is 15.9. The summed E-state index contributed by atoms with van der Waals surface area (Å²) in [5, 5.41) is 3.03. The van der Waals surface area contributed by atoms with Crippen molar-refractivity contribution in [1.82, 2.24) is 5.32 Å². The third kappa shape index (κ3) is 4.85. The van der Waals surface area contributed by atoms with Crippen LogP contribution in [0.25, 0.3) is 0 Å². The molecule has 0 spiro atoms. The standard InChI is InChI=1S/C20H25NO2/c1-5-19(23-18-12-8-15(3)9-13-18)20(22)21-16(4)17-10-6-14(2)7-11-17/h6-13,16,19H,5H2,1-4H3,(H,21,22)/t16-,19+/m0/s1. The lowest BCUT2D eigenvalue weighted by Gasteiger charge is -2.21. The highest BCUT2D eigenvalue weighted by atomic mass is 16.5. The van der Waals surface area contributed by atoms with Crippen molar-refractivity contribution in [1.29, 1.82) is 0 Å². The van der Waals surface area contributed by atoms with Gasteiger partial charge in [0.1, 0.15) is 5.75 Å². The molecule has 3 heteroatoms. The van der Waals surface area contributed by atoms with Crippen molar-refractivity contribution in [3.63, 3.8) is 0 Å². The molecule has 1 amide bonds. The van der Waals surface area contributed by atoms with Gasteiger partial charge in [-0.2, -0.15) is 0 Å². The minimum Gasteiger partial charge on any atom is -0.481 e. The molecule has 23 heavy (non-hydrogen) atoms. The van der Waals surface area contributed by atoms with Crippen molar-refractivity contribution < 1.29 is 9.53 Å². The largest absolute Gasteiger partial charge is 0.481 e. The van der Waals surface area contributed by atoms with E-state index in [1.54, 1.807) is 0 Å². The van der Waals surface area contributed by atoms with Gasteiger partial charge in [0.15, 0.2) is 6.10 Å². The molecule has 2 aromatic rings. The lowest BCUT2D eigenvalue weighted by molar-refractivity contribution is -0.128. The van der Waals surface area contributed by atoms with Crippen LogP contribution >= 0.6 is 0 Å². The summed E-state index contributed by atoms with van der Waals surface area (Å²) in [6.07, 6.45) is 0.144. The van der Waals surface area contributed by atoms with Crippen molar-refractivity contribution in [2.24, 2.45) is 0 Å². The molecule has 0 saturated heterocycles. The molecule has 3 nitrogen and oxygen atoms in total. The van der Waals surface area contributed by atoms with Crippen molar-refractivity contribution in [2.75, 3.05) is 0 Å². The van der Waals surface area contributed by atoms with Gasteiger partial charge in [-0.25, -0.2) is 0 Å². The van der Waals surface area contributed by atoms with Crippen LogP contribution in [0.5, 0.6) is 5.75 Å². The van der Waals surface area contributed by atoms with Crippen LogP contribution in [0.1, 0.15) is 43.0 Å². The van der Waals surface area contributed by atoms with Crippen molar-refractivity contribution >= 4 is 5.91 Å². The van der Waals surface area contributed by atoms with Crippen LogP contribution in [0, 0.1) is 13.8 Å². The Morgan fingerprint density at radius 1 is 1.00 bits per heavy atom. The Balaban J connectivity index is 1.99. The molecular weight excluding hydrogens is 286 g/mol. The maximum Gasteiger partial charge on any atom is 0.261 e. The average molecular weight is 311 g/mol. The van der Waals surface area contributed by atoms with E-state index in [1.165, 1.54) is 11.1 Å². The molecule has 0 aliphatic heterocycles. The maximum atomic E-state index is 12.5. The number of amides is 1. The van der Waals surface area contributed by atoms with Gasteiger partial charge in [-0.1, -0.05) is 54.4 Å². The van der Waals surface area contributed by atoms with E-state index in [0.29, 0.717) is 6.42 Å². The first-order valence-corrected chi connectivity index (χ1v) is 8.10. The van der Waals surface area contributed by atoms with E-state index >= 15 is 0 Å². The smallest absolute Gasteiger partial charge is 0.261 e. The highest BCUT2D eigenvalue weighted by Crippen LogP contribution is 2.17. The van der Waals surface area contributed by atoms with Gasteiger partial charge in [-0.15, -0.1) is 0 Å². The monoisotopic (exact) mass is 311 g/mol. The lowest BCUT2D eigenvalue weighted by Crippen LogP contribution is -2.39. The Morgan fingerprint density at radius 2 is 1.52 bits per heavy atom. The molecule has 0 aromatic heterocycles. The minimum absolute atomic E-state index is 0.0428. The molecule has 2 rings (SSSR count). The average Bonchev–Trinajstić information content (AvgIpc) is 2.54. The van der Waals surface area contributed by atoms with Gasteiger partial charge in [0.25, 0.3) is 5.91 Å². The van der Waals surface area contributed by atoms with Crippen molar-refractivity contribution in [2.45, 2.75) is 46.3 Å². The number of aryl methyl sites for hydroxylation is 2. The molecule has 0 aliphatic rings. The highest BCUT2D eigenvalue weighted by Gasteiger charge is 2.20. The zero-order chi connectivity index (χ0) is 16.8. The van der Waals surface area contributed by atoms with Crippen LogP contribution in [-0.4, -0.2) is 12.0 Å². The van der Waals surface area contributed by atoms with E-state index in [0.717, 1.165) is 11.3 Å². The van der Waals surface area contributed by atoms with E-state index in [4.69, 9.17) is 4.74 Å². The molecule has 122 valence electrons. The summed E-state index contributed by atoms with van der Waals surface area (Å²) in [6.45, 7) is 8.02. The normalized spacial score (nSPS) is 13.2. The fourth-order valence-corrected chi connectivity index (χ4v) is 2.35. The maximum absolute atomic E-state index is 12.5. The summed E-state index contributed by atoms with van der Waals surface area (Å²) < 4.78 is 5.82. The number of carbonyl (C=O) groups excluding carboxylic acids is 1. The molecule has 0 fully saturated rings. The number of carbonyl (C=O) groups is 1. The van der Waals surface area contributed by atoms with Crippen LogP contribution < -0.4 is 10.1 Å². The zero-order valence-electron chi connectivity index (χ0n) is 14.3. The molecule has 0 heterocycles. The molecule has 1 N–H and O–H groups in total. The van der Waals surface area contributed by atoms with Gasteiger partial charge in [-0.05, 0) is 44.9 Å². The number of ether oxygens (including phenoxy) is 1. The van der Waals surface area contributed by atoms with E-state index in [2.05, 4.69) is 24.4 Å². The van der Waals surface area contributed by atoms with Gasteiger partial charge in [0.05, 0.1) is 6.04 Å². The molecule has 0 unspecified atom stereocenters. The number of hydrogen-bond acceptors (Lipinski definition) is 2. The van der Waals surface area contributed by atoms with Crippen LogP contribution in [0.15, 0.2) is 48.5 Å². The van der Waals surface area contributed by atoms with Gasteiger partial charge >= 0.3 is 0 Å². The Hall–Kier alpha value is -2.29. The van der Waals surface area contributed by atoms with Crippen LogP contribution in [-0.2, 0) is 4.79 Å². The molecule has 0 saturated carbocycles.